The van der Waals surface area contributed by atoms with Gasteiger partial charge in [-0.05, 0) is 61.7 Å². The average molecular weight is 290 g/mol. The highest BCUT2D eigenvalue weighted by Gasteiger charge is 2.65. The van der Waals surface area contributed by atoms with E-state index in [-0.39, 0.29) is 11.2 Å². The largest absolute Gasteiger partial charge is 0.381 e. The maximum absolute atomic E-state index is 12.9. The van der Waals surface area contributed by atoms with E-state index in [1.54, 1.807) is 0 Å². The molecule has 0 spiro atoms. The number of fused-ring (bicyclic) bond motifs is 5. The van der Waals surface area contributed by atoms with Gasteiger partial charge < -0.3 is 5.11 Å². The lowest BCUT2D eigenvalue weighted by atomic mass is 9.43. The van der Waals surface area contributed by atoms with Crippen LogP contribution in [0.4, 0.5) is 0 Å². The number of aliphatic hydroxyl groups is 1. The summed E-state index contributed by atoms with van der Waals surface area (Å²) in [5.41, 5.74) is -0.657. The highest BCUT2D eigenvalue weighted by molar-refractivity contribution is 5.89. The van der Waals surface area contributed by atoms with Crippen molar-refractivity contribution in [2.45, 2.75) is 83.7 Å². The summed E-state index contributed by atoms with van der Waals surface area (Å²) in [6.07, 6.45) is 11.2. The molecular formula is C19H30O2. The lowest BCUT2D eigenvalue weighted by molar-refractivity contribution is -0.201. The first kappa shape index (κ1) is 14.2. The minimum Gasteiger partial charge on any atom is -0.381 e. The van der Waals surface area contributed by atoms with Gasteiger partial charge in [0, 0.05) is 11.8 Å². The van der Waals surface area contributed by atoms with Crippen LogP contribution in [-0.4, -0.2) is 16.5 Å². The minimum absolute atomic E-state index is 0.144. The Morgan fingerprint density at radius 1 is 0.952 bits per heavy atom. The van der Waals surface area contributed by atoms with E-state index in [2.05, 4.69) is 13.8 Å². The van der Waals surface area contributed by atoms with Gasteiger partial charge in [0.1, 0.15) is 5.60 Å². The van der Waals surface area contributed by atoms with Gasteiger partial charge in [0.15, 0.2) is 5.78 Å². The van der Waals surface area contributed by atoms with Gasteiger partial charge >= 0.3 is 0 Å². The van der Waals surface area contributed by atoms with Crippen molar-refractivity contribution in [1.82, 2.24) is 0 Å². The molecule has 0 aromatic heterocycles. The summed E-state index contributed by atoms with van der Waals surface area (Å²) in [6.45, 7) is 4.72. The number of hydrogen-bond donors (Lipinski definition) is 1. The van der Waals surface area contributed by atoms with Crippen molar-refractivity contribution in [3.8, 4) is 0 Å². The van der Waals surface area contributed by atoms with Gasteiger partial charge in [-0.1, -0.05) is 33.1 Å². The second-order valence-corrected chi connectivity index (χ2v) is 9.07. The normalized spacial score (nSPS) is 56.5. The van der Waals surface area contributed by atoms with Crippen molar-refractivity contribution >= 4 is 5.78 Å². The topological polar surface area (TPSA) is 37.3 Å². The van der Waals surface area contributed by atoms with Crippen LogP contribution >= 0.6 is 0 Å². The molecule has 4 saturated carbocycles. The van der Waals surface area contributed by atoms with E-state index in [0.29, 0.717) is 30.1 Å². The number of carbonyl (C=O) groups excluding carboxylic acids is 1. The number of rotatable bonds is 0. The van der Waals surface area contributed by atoms with Crippen LogP contribution in [0.1, 0.15) is 78.1 Å². The third-order valence-corrected chi connectivity index (χ3v) is 8.35. The Balaban J connectivity index is 1.74. The molecule has 1 N–H and O–H groups in total. The van der Waals surface area contributed by atoms with E-state index in [9.17, 15) is 9.90 Å². The van der Waals surface area contributed by atoms with Crippen molar-refractivity contribution in [2.24, 2.45) is 28.6 Å². The van der Waals surface area contributed by atoms with E-state index in [1.807, 2.05) is 0 Å². The lowest BCUT2D eigenvalue weighted by Crippen LogP contribution is -2.65. The average Bonchev–Trinajstić information content (AvgIpc) is 2.83. The lowest BCUT2D eigenvalue weighted by Gasteiger charge is -2.62. The second kappa shape index (κ2) is 4.34. The molecule has 4 rings (SSSR count). The molecule has 6 atom stereocenters. The molecule has 2 nitrogen and oxygen atoms in total. The first-order chi connectivity index (χ1) is 9.91. The Kier molecular flexibility index (Phi) is 2.94. The summed E-state index contributed by atoms with van der Waals surface area (Å²) in [5.74, 6) is 2.06. The Labute approximate surface area is 128 Å². The summed E-state index contributed by atoms with van der Waals surface area (Å²) in [6, 6.07) is 0. The fraction of sp³-hybridized carbons (Fsp3) is 0.947. The van der Waals surface area contributed by atoms with E-state index in [1.165, 1.54) is 38.5 Å². The molecule has 0 radical (unpaired) electrons. The fourth-order valence-electron chi connectivity index (χ4n) is 7.05. The number of carbonyl (C=O) groups is 1. The third-order valence-electron chi connectivity index (χ3n) is 8.35. The van der Waals surface area contributed by atoms with Crippen molar-refractivity contribution in [1.29, 1.82) is 0 Å². The molecule has 4 aliphatic rings. The van der Waals surface area contributed by atoms with E-state index in [0.717, 1.165) is 18.8 Å². The molecule has 4 fully saturated rings. The molecule has 0 unspecified atom stereocenters. The number of Topliss-reactive ketones (excluding diaryl/α,β-unsaturated/α-hetero) is 1. The SMILES string of the molecule is C[C@]12CCC[C@@H]1[C@@H]1CC(=O)[C@@]3(O)CCCC[C@]3(C)[C@@H]1CC2. The maximum Gasteiger partial charge on any atom is 0.165 e. The molecule has 0 amide bonds. The Hall–Kier alpha value is -0.370. The first-order valence-electron chi connectivity index (χ1n) is 9.16. The summed E-state index contributed by atoms with van der Waals surface area (Å²) < 4.78 is 0. The minimum atomic E-state index is -1.00. The zero-order valence-electron chi connectivity index (χ0n) is 13.7. The standard InChI is InChI=1S/C19H30O2/c1-17-8-5-6-14(17)13-12-16(20)19(21)10-4-3-9-18(19,2)15(13)7-11-17/h13-15,21H,3-12H2,1-2H3/t13-,14+,15+,17+,18+,19-/m0/s1. The van der Waals surface area contributed by atoms with Crippen LogP contribution in [0.3, 0.4) is 0 Å². The Morgan fingerprint density at radius 3 is 2.52 bits per heavy atom. The van der Waals surface area contributed by atoms with E-state index < -0.39 is 5.60 Å². The summed E-state index contributed by atoms with van der Waals surface area (Å²) in [5, 5.41) is 11.2. The van der Waals surface area contributed by atoms with E-state index in [4.69, 9.17) is 0 Å². The second-order valence-electron chi connectivity index (χ2n) is 9.07. The van der Waals surface area contributed by atoms with Crippen LogP contribution in [0.25, 0.3) is 0 Å². The number of ketones is 1. The van der Waals surface area contributed by atoms with Crippen LogP contribution in [-0.2, 0) is 4.79 Å². The fourth-order valence-corrected chi connectivity index (χ4v) is 7.05. The quantitative estimate of drug-likeness (QED) is 0.729. The molecule has 2 heteroatoms. The molecule has 4 aliphatic carbocycles. The third kappa shape index (κ3) is 1.66. The monoisotopic (exact) mass is 290 g/mol. The highest BCUT2D eigenvalue weighted by atomic mass is 16.3. The molecule has 0 bridgehead atoms. The Morgan fingerprint density at radius 2 is 1.71 bits per heavy atom. The van der Waals surface area contributed by atoms with Crippen LogP contribution in [0.15, 0.2) is 0 Å². The molecule has 0 aromatic rings. The molecule has 0 aliphatic heterocycles. The van der Waals surface area contributed by atoms with Crippen LogP contribution in [0, 0.1) is 28.6 Å². The molecule has 118 valence electrons. The highest BCUT2D eigenvalue weighted by Crippen LogP contribution is 2.66. The van der Waals surface area contributed by atoms with Gasteiger partial charge in [-0.3, -0.25) is 4.79 Å². The zero-order chi connectivity index (χ0) is 14.9. The molecular weight excluding hydrogens is 260 g/mol. The van der Waals surface area contributed by atoms with Gasteiger partial charge in [-0.2, -0.15) is 0 Å². The van der Waals surface area contributed by atoms with Crippen LogP contribution in [0.2, 0.25) is 0 Å². The van der Waals surface area contributed by atoms with E-state index >= 15 is 0 Å². The molecule has 0 saturated heterocycles. The Bertz CT molecular complexity index is 472. The van der Waals surface area contributed by atoms with Crippen molar-refractivity contribution in [3.05, 3.63) is 0 Å². The van der Waals surface area contributed by atoms with Crippen molar-refractivity contribution in [3.63, 3.8) is 0 Å². The summed E-state index contributed by atoms with van der Waals surface area (Å²) >= 11 is 0. The number of hydrogen-bond acceptors (Lipinski definition) is 2. The van der Waals surface area contributed by atoms with Gasteiger partial charge in [0.25, 0.3) is 0 Å². The van der Waals surface area contributed by atoms with Gasteiger partial charge in [0.2, 0.25) is 0 Å². The van der Waals surface area contributed by atoms with Crippen molar-refractivity contribution < 1.29 is 9.90 Å². The smallest absolute Gasteiger partial charge is 0.165 e. The molecule has 21 heavy (non-hydrogen) atoms. The summed E-state index contributed by atoms with van der Waals surface area (Å²) in [4.78, 5) is 12.9. The summed E-state index contributed by atoms with van der Waals surface area (Å²) in [7, 11) is 0. The predicted molar refractivity (Wildman–Crippen MR) is 82.8 cm³/mol. The van der Waals surface area contributed by atoms with Gasteiger partial charge in [-0.15, -0.1) is 0 Å². The first-order valence-corrected chi connectivity index (χ1v) is 9.16. The maximum atomic E-state index is 12.9. The van der Waals surface area contributed by atoms with Crippen LogP contribution < -0.4 is 0 Å². The van der Waals surface area contributed by atoms with Gasteiger partial charge in [-0.25, -0.2) is 0 Å². The van der Waals surface area contributed by atoms with Crippen molar-refractivity contribution in [2.75, 3.05) is 0 Å². The zero-order valence-corrected chi connectivity index (χ0v) is 13.7. The predicted octanol–water partition coefficient (Wildman–Crippen LogP) is 4.10. The molecule has 0 aromatic carbocycles. The molecule has 0 heterocycles. The van der Waals surface area contributed by atoms with Crippen LogP contribution in [0.5, 0.6) is 0 Å². The van der Waals surface area contributed by atoms with Gasteiger partial charge in [0.05, 0.1) is 0 Å².